The molecule has 0 unspecified atom stereocenters. The van der Waals surface area contributed by atoms with Gasteiger partial charge in [0.05, 0.1) is 6.07 Å². The molecular weight excluding hydrogens is 126 g/mol. The lowest BCUT2D eigenvalue weighted by atomic mass is 10.1. The largest absolute Gasteiger partial charge is 0.378 e. The second kappa shape index (κ2) is 6.57. The Bertz CT molecular complexity index is 106. The average molecular weight is 141 g/mol. The molecule has 0 spiro atoms. The number of aliphatic hydroxyl groups is 1. The van der Waals surface area contributed by atoms with E-state index in [4.69, 9.17) is 10.4 Å². The molecule has 0 aliphatic carbocycles. The molecule has 0 saturated heterocycles. The molecule has 0 aromatic carbocycles. The summed E-state index contributed by atoms with van der Waals surface area (Å²) < 4.78 is 0. The topological polar surface area (TPSA) is 44.0 Å². The number of rotatable bonds is 5. The van der Waals surface area contributed by atoms with E-state index in [9.17, 15) is 0 Å². The Morgan fingerprint density at radius 2 is 2.10 bits per heavy atom. The van der Waals surface area contributed by atoms with Crippen molar-refractivity contribution in [3.8, 4) is 6.07 Å². The molecule has 0 radical (unpaired) electrons. The first kappa shape index (κ1) is 9.45. The van der Waals surface area contributed by atoms with E-state index in [1.807, 2.05) is 0 Å². The van der Waals surface area contributed by atoms with Crippen LogP contribution in [0.25, 0.3) is 0 Å². The molecule has 0 rings (SSSR count). The lowest BCUT2D eigenvalue weighted by Gasteiger charge is -1.99. The summed E-state index contributed by atoms with van der Waals surface area (Å²) in [7, 11) is 0. The van der Waals surface area contributed by atoms with Crippen LogP contribution in [0.15, 0.2) is 0 Å². The fraction of sp³-hybridized carbons (Fsp3) is 0.875. The van der Waals surface area contributed by atoms with Crippen molar-refractivity contribution in [1.82, 2.24) is 0 Å². The van der Waals surface area contributed by atoms with Crippen molar-refractivity contribution in [2.24, 2.45) is 0 Å². The predicted octanol–water partition coefficient (Wildman–Crippen LogP) is 1.84. The van der Waals surface area contributed by atoms with Gasteiger partial charge in [-0.05, 0) is 12.8 Å². The molecule has 0 saturated carbocycles. The fourth-order valence-electron chi connectivity index (χ4n) is 0.829. The summed E-state index contributed by atoms with van der Waals surface area (Å²) in [5, 5.41) is 17.0. The molecule has 1 atom stereocenters. The van der Waals surface area contributed by atoms with Crippen LogP contribution in [0.3, 0.4) is 0 Å². The molecule has 0 aliphatic rings. The molecule has 0 aliphatic heterocycles. The summed E-state index contributed by atoms with van der Waals surface area (Å²) >= 11 is 0. The summed E-state index contributed by atoms with van der Waals surface area (Å²) in [6, 6.07) is 1.80. The van der Waals surface area contributed by atoms with Gasteiger partial charge in [0.25, 0.3) is 0 Å². The van der Waals surface area contributed by atoms with Crippen LogP contribution in [-0.4, -0.2) is 11.2 Å². The van der Waals surface area contributed by atoms with Crippen molar-refractivity contribution in [2.75, 3.05) is 0 Å². The van der Waals surface area contributed by atoms with Gasteiger partial charge < -0.3 is 5.11 Å². The highest BCUT2D eigenvalue weighted by atomic mass is 16.3. The summed E-state index contributed by atoms with van der Waals surface area (Å²) in [6.07, 6.45) is 4.41. The maximum atomic E-state index is 8.80. The van der Waals surface area contributed by atoms with E-state index >= 15 is 0 Å². The van der Waals surface area contributed by atoms with Crippen LogP contribution in [0.2, 0.25) is 0 Å². The molecule has 0 bridgehead atoms. The summed E-state index contributed by atoms with van der Waals surface area (Å²) in [5.41, 5.74) is 0. The van der Waals surface area contributed by atoms with Gasteiger partial charge in [0, 0.05) is 0 Å². The first-order valence-electron chi connectivity index (χ1n) is 3.89. The van der Waals surface area contributed by atoms with Crippen LogP contribution in [-0.2, 0) is 0 Å². The van der Waals surface area contributed by atoms with Crippen molar-refractivity contribution in [3.05, 3.63) is 0 Å². The summed E-state index contributed by atoms with van der Waals surface area (Å²) in [6.45, 7) is 2.14. The van der Waals surface area contributed by atoms with Crippen molar-refractivity contribution >= 4 is 0 Å². The Labute approximate surface area is 62.5 Å². The number of aliphatic hydroxyl groups excluding tert-OH is 1. The number of unbranched alkanes of at least 4 members (excludes halogenated alkanes) is 3. The predicted molar refractivity (Wildman–Crippen MR) is 40.4 cm³/mol. The van der Waals surface area contributed by atoms with Gasteiger partial charge >= 0.3 is 0 Å². The maximum Gasteiger partial charge on any atom is 0.140 e. The van der Waals surface area contributed by atoms with Crippen LogP contribution < -0.4 is 0 Å². The maximum absolute atomic E-state index is 8.80. The molecule has 0 aromatic heterocycles. The number of hydrogen-bond donors (Lipinski definition) is 1. The van der Waals surface area contributed by atoms with Gasteiger partial charge in [-0.25, -0.2) is 0 Å². The highest BCUT2D eigenvalue weighted by Crippen LogP contribution is 2.04. The SMILES string of the molecule is CCCCCC[C@H](O)C#N. The van der Waals surface area contributed by atoms with Crippen LogP contribution in [0.1, 0.15) is 39.0 Å². The van der Waals surface area contributed by atoms with Gasteiger partial charge in [-0.2, -0.15) is 5.26 Å². The third kappa shape index (κ3) is 5.58. The molecule has 2 nitrogen and oxygen atoms in total. The van der Waals surface area contributed by atoms with Crippen LogP contribution in [0, 0.1) is 11.3 Å². The van der Waals surface area contributed by atoms with Crippen molar-refractivity contribution in [2.45, 2.75) is 45.1 Å². The molecule has 0 amide bonds. The standard InChI is InChI=1S/C8H15NO/c1-2-3-4-5-6-8(10)7-9/h8,10H,2-6H2,1H3/t8-/m0/s1. The lowest BCUT2D eigenvalue weighted by molar-refractivity contribution is 0.215. The van der Waals surface area contributed by atoms with Crippen LogP contribution >= 0.6 is 0 Å². The Hall–Kier alpha value is -0.550. The number of nitriles is 1. The molecular formula is C8H15NO. The second-order valence-electron chi connectivity index (χ2n) is 2.49. The molecule has 10 heavy (non-hydrogen) atoms. The Morgan fingerprint density at radius 3 is 2.60 bits per heavy atom. The van der Waals surface area contributed by atoms with E-state index in [1.165, 1.54) is 12.8 Å². The quantitative estimate of drug-likeness (QED) is 0.469. The second-order valence-corrected chi connectivity index (χ2v) is 2.49. The summed E-state index contributed by atoms with van der Waals surface area (Å²) in [4.78, 5) is 0. The van der Waals surface area contributed by atoms with Crippen molar-refractivity contribution in [3.63, 3.8) is 0 Å². The first-order chi connectivity index (χ1) is 4.81. The van der Waals surface area contributed by atoms with E-state index in [1.54, 1.807) is 6.07 Å². The van der Waals surface area contributed by atoms with Gasteiger partial charge in [0.15, 0.2) is 0 Å². The van der Waals surface area contributed by atoms with Gasteiger partial charge in [-0.3, -0.25) is 0 Å². The Balaban J connectivity index is 2.98. The average Bonchev–Trinajstić information content (AvgIpc) is 1.98. The van der Waals surface area contributed by atoms with Gasteiger partial charge in [-0.15, -0.1) is 0 Å². The Kier molecular flexibility index (Phi) is 6.21. The van der Waals surface area contributed by atoms with E-state index in [0.29, 0.717) is 6.42 Å². The third-order valence-electron chi connectivity index (χ3n) is 1.48. The first-order valence-corrected chi connectivity index (χ1v) is 3.89. The minimum Gasteiger partial charge on any atom is -0.378 e. The van der Waals surface area contributed by atoms with E-state index in [2.05, 4.69) is 6.92 Å². The number of hydrogen-bond acceptors (Lipinski definition) is 2. The molecule has 0 heterocycles. The number of nitrogens with zero attached hydrogens (tertiary/aromatic N) is 1. The third-order valence-corrected chi connectivity index (χ3v) is 1.48. The molecule has 58 valence electrons. The van der Waals surface area contributed by atoms with Crippen LogP contribution in [0.5, 0.6) is 0 Å². The van der Waals surface area contributed by atoms with Crippen LogP contribution in [0.4, 0.5) is 0 Å². The zero-order valence-electron chi connectivity index (χ0n) is 6.51. The van der Waals surface area contributed by atoms with Crippen molar-refractivity contribution in [1.29, 1.82) is 5.26 Å². The van der Waals surface area contributed by atoms with Gasteiger partial charge in [0.1, 0.15) is 6.10 Å². The molecule has 1 N–H and O–H groups in total. The molecule has 0 fully saturated rings. The highest BCUT2D eigenvalue weighted by molar-refractivity contribution is 4.81. The minimum absolute atomic E-state index is 0.635. The molecule has 0 aromatic rings. The normalized spacial score (nSPS) is 12.5. The monoisotopic (exact) mass is 141 g/mol. The minimum atomic E-state index is -0.739. The van der Waals surface area contributed by atoms with Crippen molar-refractivity contribution < 1.29 is 5.11 Å². The zero-order valence-corrected chi connectivity index (χ0v) is 6.51. The van der Waals surface area contributed by atoms with E-state index < -0.39 is 6.10 Å². The molecule has 2 heteroatoms. The smallest absolute Gasteiger partial charge is 0.140 e. The fourth-order valence-corrected chi connectivity index (χ4v) is 0.829. The zero-order chi connectivity index (χ0) is 7.82. The Morgan fingerprint density at radius 1 is 1.40 bits per heavy atom. The van der Waals surface area contributed by atoms with Gasteiger partial charge in [0.2, 0.25) is 0 Å². The lowest BCUT2D eigenvalue weighted by Crippen LogP contribution is -2.01. The highest BCUT2D eigenvalue weighted by Gasteiger charge is 1.98. The van der Waals surface area contributed by atoms with Gasteiger partial charge in [-0.1, -0.05) is 26.2 Å². The van der Waals surface area contributed by atoms with E-state index in [-0.39, 0.29) is 0 Å². The summed E-state index contributed by atoms with van der Waals surface area (Å²) in [5.74, 6) is 0. The van der Waals surface area contributed by atoms with E-state index in [0.717, 1.165) is 12.8 Å².